The third kappa shape index (κ3) is 4.24. The van der Waals surface area contributed by atoms with Gasteiger partial charge in [0.15, 0.2) is 0 Å². The molecular formula is C9H19NO3. The van der Waals surface area contributed by atoms with E-state index in [4.69, 9.17) is 5.11 Å². The van der Waals surface area contributed by atoms with Crippen molar-refractivity contribution in [2.24, 2.45) is 0 Å². The summed E-state index contributed by atoms with van der Waals surface area (Å²) >= 11 is 0. The van der Waals surface area contributed by atoms with Crippen LogP contribution >= 0.6 is 0 Å². The summed E-state index contributed by atoms with van der Waals surface area (Å²) in [6.45, 7) is 5.91. The number of rotatable bonds is 5. The normalized spacial score (nSPS) is 11.5. The van der Waals surface area contributed by atoms with Gasteiger partial charge in [-0.3, -0.25) is 4.79 Å². The Morgan fingerprint density at radius 2 is 2.00 bits per heavy atom. The molecule has 0 spiro atoms. The molecule has 0 atom stereocenters. The molecule has 0 aliphatic carbocycles. The van der Waals surface area contributed by atoms with Crippen LogP contribution in [0, 0.1) is 0 Å². The molecule has 0 bridgehead atoms. The second kappa shape index (κ2) is 5.19. The summed E-state index contributed by atoms with van der Waals surface area (Å²) in [5.41, 5.74) is -1.31. The smallest absolute Gasteiger partial charge is 0.253 e. The first kappa shape index (κ1) is 12.4. The lowest BCUT2D eigenvalue weighted by molar-refractivity contribution is -0.147. The highest BCUT2D eigenvalue weighted by molar-refractivity contribution is 5.84. The molecule has 0 aromatic carbocycles. The molecule has 0 heterocycles. The van der Waals surface area contributed by atoms with Crippen LogP contribution < -0.4 is 0 Å². The van der Waals surface area contributed by atoms with Crippen LogP contribution in [0.1, 0.15) is 27.2 Å². The van der Waals surface area contributed by atoms with Crippen molar-refractivity contribution in [3.63, 3.8) is 0 Å². The van der Waals surface area contributed by atoms with Gasteiger partial charge in [0.05, 0.1) is 0 Å². The van der Waals surface area contributed by atoms with E-state index in [9.17, 15) is 9.90 Å². The summed E-state index contributed by atoms with van der Waals surface area (Å²) in [6, 6.07) is 0. The largest absolute Gasteiger partial charge is 0.396 e. The fourth-order valence-electron chi connectivity index (χ4n) is 1.05. The molecule has 0 aromatic rings. The van der Waals surface area contributed by atoms with E-state index in [0.717, 1.165) is 0 Å². The first-order valence-electron chi connectivity index (χ1n) is 4.56. The van der Waals surface area contributed by atoms with Crippen LogP contribution in [0.2, 0.25) is 0 Å². The van der Waals surface area contributed by atoms with Crippen LogP contribution in [-0.2, 0) is 4.79 Å². The van der Waals surface area contributed by atoms with Crippen molar-refractivity contribution in [2.45, 2.75) is 32.8 Å². The van der Waals surface area contributed by atoms with Crippen LogP contribution in [0.5, 0.6) is 0 Å². The van der Waals surface area contributed by atoms with Gasteiger partial charge in [-0.15, -0.1) is 0 Å². The summed E-state index contributed by atoms with van der Waals surface area (Å²) in [5, 5.41) is 18.0. The van der Waals surface area contributed by atoms with Crippen molar-refractivity contribution in [1.82, 2.24) is 4.90 Å². The van der Waals surface area contributed by atoms with Crippen molar-refractivity contribution in [3.05, 3.63) is 0 Å². The number of likely N-dealkylation sites (N-methyl/N-ethyl adjacent to an activating group) is 1. The number of hydrogen-bond donors (Lipinski definition) is 2. The zero-order chi connectivity index (χ0) is 10.5. The van der Waals surface area contributed by atoms with Crippen LogP contribution in [0.4, 0.5) is 0 Å². The second-order valence-electron chi connectivity index (χ2n) is 3.52. The second-order valence-corrected chi connectivity index (χ2v) is 3.52. The molecule has 1 amide bonds. The van der Waals surface area contributed by atoms with Crippen molar-refractivity contribution in [2.75, 3.05) is 19.7 Å². The average Bonchev–Trinajstić information content (AvgIpc) is 2.04. The van der Waals surface area contributed by atoms with Gasteiger partial charge in [-0.25, -0.2) is 0 Å². The fraction of sp³-hybridized carbons (Fsp3) is 0.889. The minimum absolute atomic E-state index is 0.0651. The van der Waals surface area contributed by atoms with Gasteiger partial charge in [-0.1, -0.05) is 0 Å². The zero-order valence-electron chi connectivity index (χ0n) is 8.58. The van der Waals surface area contributed by atoms with E-state index in [2.05, 4.69) is 0 Å². The lowest BCUT2D eigenvalue weighted by Gasteiger charge is -2.27. The Balaban J connectivity index is 4.16. The molecule has 4 heteroatoms. The molecular weight excluding hydrogens is 170 g/mol. The number of carbonyl (C=O) groups is 1. The van der Waals surface area contributed by atoms with Crippen LogP contribution in [-0.4, -0.2) is 46.3 Å². The quantitative estimate of drug-likeness (QED) is 0.639. The molecule has 0 unspecified atom stereocenters. The van der Waals surface area contributed by atoms with Crippen LogP contribution in [0.3, 0.4) is 0 Å². The number of nitrogens with zero attached hydrogens (tertiary/aromatic N) is 1. The summed E-state index contributed by atoms with van der Waals surface area (Å²) < 4.78 is 0. The van der Waals surface area contributed by atoms with Crippen molar-refractivity contribution >= 4 is 5.91 Å². The van der Waals surface area contributed by atoms with Gasteiger partial charge < -0.3 is 15.1 Å². The molecule has 0 saturated carbocycles. The zero-order valence-corrected chi connectivity index (χ0v) is 8.58. The van der Waals surface area contributed by atoms with E-state index in [1.807, 2.05) is 6.92 Å². The van der Waals surface area contributed by atoms with Gasteiger partial charge in [0.2, 0.25) is 0 Å². The van der Waals surface area contributed by atoms with Crippen LogP contribution in [0.15, 0.2) is 0 Å². The molecule has 0 fully saturated rings. The topological polar surface area (TPSA) is 60.8 Å². The molecule has 4 nitrogen and oxygen atoms in total. The summed E-state index contributed by atoms with van der Waals surface area (Å²) in [6.07, 6.45) is 0.551. The molecule has 78 valence electrons. The molecule has 0 saturated heterocycles. The van der Waals surface area contributed by atoms with Crippen LogP contribution in [0.25, 0.3) is 0 Å². The van der Waals surface area contributed by atoms with Gasteiger partial charge in [0.25, 0.3) is 5.91 Å². The predicted octanol–water partition coefficient (Wildman–Crippen LogP) is -0.0118. The highest BCUT2D eigenvalue weighted by Crippen LogP contribution is 2.07. The van der Waals surface area contributed by atoms with Crippen molar-refractivity contribution in [1.29, 1.82) is 0 Å². The maximum atomic E-state index is 11.5. The molecule has 0 radical (unpaired) electrons. The monoisotopic (exact) mass is 189 g/mol. The number of aliphatic hydroxyl groups excluding tert-OH is 1. The minimum Gasteiger partial charge on any atom is -0.396 e. The first-order chi connectivity index (χ1) is 5.93. The van der Waals surface area contributed by atoms with Gasteiger partial charge >= 0.3 is 0 Å². The Kier molecular flexibility index (Phi) is 4.95. The van der Waals surface area contributed by atoms with Crippen molar-refractivity contribution in [3.8, 4) is 0 Å². The highest BCUT2D eigenvalue weighted by Gasteiger charge is 2.27. The van der Waals surface area contributed by atoms with Crippen molar-refractivity contribution < 1.29 is 15.0 Å². The molecule has 0 aliphatic heterocycles. The maximum Gasteiger partial charge on any atom is 0.253 e. The lowest BCUT2D eigenvalue weighted by atomic mass is 10.1. The Bertz CT molecular complexity index is 163. The summed E-state index contributed by atoms with van der Waals surface area (Å²) in [7, 11) is 0. The fourth-order valence-corrected chi connectivity index (χ4v) is 1.05. The minimum atomic E-state index is -1.31. The van der Waals surface area contributed by atoms with E-state index in [1.165, 1.54) is 18.7 Å². The van der Waals surface area contributed by atoms with Gasteiger partial charge in [0, 0.05) is 19.7 Å². The Morgan fingerprint density at radius 1 is 1.46 bits per heavy atom. The molecule has 0 aliphatic rings. The standard InChI is InChI=1S/C9H19NO3/c1-4-10(6-5-7-11)8(12)9(2,3)13/h11,13H,4-7H2,1-3H3. The van der Waals surface area contributed by atoms with E-state index >= 15 is 0 Å². The number of aliphatic hydroxyl groups is 2. The average molecular weight is 189 g/mol. The maximum absolute atomic E-state index is 11.5. The number of hydrogen-bond acceptors (Lipinski definition) is 3. The summed E-state index contributed by atoms with van der Waals surface area (Å²) in [4.78, 5) is 13.0. The third-order valence-electron chi connectivity index (χ3n) is 1.78. The third-order valence-corrected chi connectivity index (χ3v) is 1.78. The molecule has 0 aromatic heterocycles. The number of amides is 1. The molecule has 2 N–H and O–H groups in total. The van der Waals surface area contributed by atoms with E-state index in [-0.39, 0.29) is 12.5 Å². The predicted molar refractivity (Wildman–Crippen MR) is 50.3 cm³/mol. The first-order valence-corrected chi connectivity index (χ1v) is 4.56. The Labute approximate surface area is 79.2 Å². The highest BCUT2D eigenvalue weighted by atomic mass is 16.3. The Hall–Kier alpha value is -0.610. The Morgan fingerprint density at radius 3 is 2.31 bits per heavy atom. The van der Waals surface area contributed by atoms with Gasteiger partial charge in [-0.05, 0) is 27.2 Å². The lowest BCUT2D eigenvalue weighted by Crippen LogP contribution is -2.45. The van der Waals surface area contributed by atoms with E-state index in [0.29, 0.717) is 19.5 Å². The van der Waals surface area contributed by atoms with Gasteiger partial charge in [0.1, 0.15) is 5.60 Å². The summed E-state index contributed by atoms with van der Waals surface area (Å²) in [5.74, 6) is -0.288. The number of carbonyl (C=O) groups excluding carboxylic acids is 1. The van der Waals surface area contributed by atoms with E-state index in [1.54, 1.807) is 0 Å². The van der Waals surface area contributed by atoms with E-state index < -0.39 is 5.60 Å². The van der Waals surface area contributed by atoms with Gasteiger partial charge in [-0.2, -0.15) is 0 Å². The molecule has 13 heavy (non-hydrogen) atoms. The molecule has 0 rings (SSSR count). The SMILES string of the molecule is CCN(CCCO)C(=O)C(C)(C)O.